The molecule has 0 atom stereocenters. The minimum absolute atomic E-state index is 0.874. The van der Waals surface area contributed by atoms with Crippen LogP contribution in [-0.2, 0) is 0 Å². The van der Waals surface area contributed by atoms with Crippen LogP contribution in [0.2, 0.25) is 0 Å². The summed E-state index contributed by atoms with van der Waals surface area (Å²) >= 11 is 4.28. The van der Waals surface area contributed by atoms with E-state index in [2.05, 4.69) is 58.6 Å². The number of hydrogen-bond acceptors (Lipinski definition) is 1. The van der Waals surface area contributed by atoms with Crippen molar-refractivity contribution >= 4 is 12.6 Å². The van der Waals surface area contributed by atoms with E-state index in [1.54, 1.807) is 5.57 Å². The summed E-state index contributed by atoms with van der Waals surface area (Å²) in [7, 11) is 0. The lowest BCUT2D eigenvalue weighted by atomic mass is 10.0. The highest BCUT2D eigenvalue weighted by molar-refractivity contribution is 7.80. The van der Waals surface area contributed by atoms with Crippen LogP contribution >= 0.6 is 12.6 Å². The third kappa shape index (κ3) is 10.7. The van der Waals surface area contributed by atoms with Crippen LogP contribution in [0.4, 0.5) is 0 Å². The van der Waals surface area contributed by atoms with E-state index in [1.165, 1.54) is 49.7 Å². The third-order valence-corrected chi connectivity index (χ3v) is 3.18. The Kier molecular flexibility index (Phi) is 11.4. The summed E-state index contributed by atoms with van der Waals surface area (Å²) in [5.41, 5.74) is 4.51. The molecule has 0 unspecified atom stereocenters. The molecule has 0 aromatic carbocycles. The Morgan fingerprint density at radius 3 is 2.11 bits per heavy atom. The first-order chi connectivity index (χ1) is 8.60. The van der Waals surface area contributed by atoms with Crippen LogP contribution in [-0.4, -0.2) is 5.75 Å². The van der Waals surface area contributed by atoms with E-state index in [4.69, 9.17) is 0 Å². The first-order valence-corrected chi connectivity index (χ1v) is 7.81. The Hall–Kier alpha value is -0.430. The largest absolute Gasteiger partial charge is 0.175 e. The second kappa shape index (κ2) is 11.6. The van der Waals surface area contributed by atoms with Gasteiger partial charge in [0.2, 0.25) is 0 Å². The van der Waals surface area contributed by atoms with E-state index in [1.807, 2.05) is 0 Å². The maximum atomic E-state index is 4.28. The number of thiol groups is 1. The van der Waals surface area contributed by atoms with Crippen molar-refractivity contribution in [2.24, 2.45) is 0 Å². The third-order valence-electron chi connectivity index (χ3n) is 3.00. The molecule has 0 radical (unpaired) electrons. The fourth-order valence-electron chi connectivity index (χ4n) is 1.97. The fourth-order valence-corrected chi connectivity index (χ4v) is 2.23. The molecule has 0 rings (SSSR count). The SMILES string of the molecule is CCCC(=CCS)CCC=C(C)CCC=C(C)C. The molecular weight excluding hydrogens is 236 g/mol. The average molecular weight is 266 g/mol. The Morgan fingerprint density at radius 2 is 1.56 bits per heavy atom. The Morgan fingerprint density at radius 1 is 0.889 bits per heavy atom. The number of allylic oxidation sites excluding steroid dienone is 5. The van der Waals surface area contributed by atoms with Gasteiger partial charge in [-0.2, -0.15) is 12.6 Å². The lowest BCUT2D eigenvalue weighted by Crippen LogP contribution is -1.85. The average Bonchev–Trinajstić information content (AvgIpc) is 2.29. The molecule has 0 spiro atoms. The second-order valence-electron chi connectivity index (χ2n) is 5.20. The second-order valence-corrected chi connectivity index (χ2v) is 5.57. The zero-order chi connectivity index (χ0) is 13.8. The minimum Gasteiger partial charge on any atom is -0.175 e. The molecule has 0 saturated carbocycles. The van der Waals surface area contributed by atoms with Crippen molar-refractivity contribution in [1.82, 2.24) is 0 Å². The molecule has 0 nitrogen and oxygen atoms in total. The molecule has 0 aliphatic carbocycles. The maximum absolute atomic E-state index is 4.28. The van der Waals surface area contributed by atoms with Crippen LogP contribution in [0.5, 0.6) is 0 Å². The summed E-state index contributed by atoms with van der Waals surface area (Å²) in [5, 5.41) is 0. The van der Waals surface area contributed by atoms with Gasteiger partial charge in [0.25, 0.3) is 0 Å². The highest BCUT2D eigenvalue weighted by Crippen LogP contribution is 2.15. The summed E-state index contributed by atoms with van der Waals surface area (Å²) in [5.74, 6) is 0.874. The highest BCUT2D eigenvalue weighted by atomic mass is 32.1. The molecule has 0 saturated heterocycles. The van der Waals surface area contributed by atoms with Crippen LogP contribution < -0.4 is 0 Å². The van der Waals surface area contributed by atoms with Gasteiger partial charge < -0.3 is 0 Å². The first kappa shape index (κ1) is 17.6. The quantitative estimate of drug-likeness (QED) is 0.377. The molecule has 0 N–H and O–H groups in total. The van der Waals surface area contributed by atoms with Crippen LogP contribution in [0.1, 0.15) is 66.2 Å². The normalized spacial score (nSPS) is 12.7. The zero-order valence-electron chi connectivity index (χ0n) is 12.6. The molecule has 104 valence electrons. The van der Waals surface area contributed by atoms with E-state index >= 15 is 0 Å². The lowest BCUT2D eigenvalue weighted by Gasteiger charge is -2.04. The van der Waals surface area contributed by atoms with Gasteiger partial charge in [-0.1, -0.05) is 48.3 Å². The molecule has 0 aliphatic heterocycles. The molecule has 0 aromatic rings. The lowest BCUT2D eigenvalue weighted by molar-refractivity contribution is 0.820. The molecule has 0 heterocycles. The number of rotatable bonds is 9. The Bertz CT molecular complexity index is 291. The standard InChI is InChI=1S/C17H30S/c1-5-8-17(13-14-18)12-7-11-16(4)10-6-9-15(2)3/h9,11,13,18H,5-8,10,12,14H2,1-4H3. The van der Waals surface area contributed by atoms with Crippen LogP contribution in [0.3, 0.4) is 0 Å². The van der Waals surface area contributed by atoms with Gasteiger partial charge >= 0.3 is 0 Å². The van der Waals surface area contributed by atoms with E-state index in [-0.39, 0.29) is 0 Å². The van der Waals surface area contributed by atoms with E-state index in [0.717, 1.165) is 5.75 Å². The van der Waals surface area contributed by atoms with Crippen molar-refractivity contribution < 1.29 is 0 Å². The van der Waals surface area contributed by atoms with Gasteiger partial charge in [0.1, 0.15) is 0 Å². The van der Waals surface area contributed by atoms with Gasteiger partial charge in [-0.15, -0.1) is 0 Å². The summed E-state index contributed by atoms with van der Waals surface area (Å²) in [6.45, 7) is 8.82. The summed E-state index contributed by atoms with van der Waals surface area (Å²) in [6.07, 6.45) is 14.2. The predicted octanol–water partition coefficient (Wildman–Crippen LogP) is 6.12. The molecule has 0 aliphatic rings. The Balaban J connectivity index is 3.98. The molecule has 0 aromatic heterocycles. The van der Waals surface area contributed by atoms with Crippen molar-refractivity contribution in [3.63, 3.8) is 0 Å². The van der Waals surface area contributed by atoms with Gasteiger partial charge in [-0.05, 0) is 52.9 Å². The first-order valence-electron chi connectivity index (χ1n) is 7.17. The van der Waals surface area contributed by atoms with Gasteiger partial charge in [0.05, 0.1) is 0 Å². The molecular formula is C17H30S. The molecule has 18 heavy (non-hydrogen) atoms. The topological polar surface area (TPSA) is 0 Å². The molecule has 0 fully saturated rings. The van der Waals surface area contributed by atoms with Crippen molar-refractivity contribution in [2.45, 2.75) is 66.2 Å². The van der Waals surface area contributed by atoms with Gasteiger partial charge in [0.15, 0.2) is 0 Å². The summed E-state index contributed by atoms with van der Waals surface area (Å²) in [6, 6.07) is 0. The van der Waals surface area contributed by atoms with E-state index in [0.29, 0.717) is 0 Å². The Labute approximate surface area is 120 Å². The monoisotopic (exact) mass is 266 g/mol. The highest BCUT2D eigenvalue weighted by Gasteiger charge is 1.95. The van der Waals surface area contributed by atoms with Crippen LogP contribution in [0.25, 0.3) is 0 Å². The van der Waals surface area contributed by atoms with E-state index in [9.17, 15) is 0 Å². The van der Waals surface area contributed by atoms with Gasteiger partial charge in [0, 0.05) is 5.75 Å². The van der Waals surface area contributed by atoms with Crippen molar-refractivity contribution in [3.05, 3.63) is 34.9 Å². The van der Waals surface area contributed by atoms with Crippen molar-refractivity contribution in [2.75, 3.05) is 5.75 Å². The predicted molar refractivity (Wildman–Crippen MR) is 88.5 cm³/mol. The van der Waals surface area contributed by atoms with Crippen molar-refractivity contribution in [3.8, 4) is 0 Å². The molecule has 1 heteroatoms. The smallest absolute Gasteiger partial charge is 0.00851 e. The zero-order valence-corrected chi connectivity index (χ0v) is 13.5. The van der Waals surface area contributed by atoms with Gasteiger partial charge in [-0.3, -0.25) is 0 Å². The van der Waals surface area contributed by atoms with Crippen molar-refractivity contribution in [1.29, 1.82) is 0 Å². The maximum Gasteiger partial charge on any atom is 0.00851 e. The molecule has 0 amide bonds. The number of hydrogen-bond donors (Lipinski definition) is 1. The summed E-state index contributed by atoms with van der Waals surface area (Å²) < 4.78 is 0. The fraction of sp³-hybridized carbons (Fsp3) is 0.647. The molecule has 0 bridgehead atoms. The van der Waals surface area contributed by atoms with Crippen LogP contribution in [0.15, 0.2) is 34.9 Å². The van der Waals surface area contributed by atoms with E-state index < -0.39 is 0 Å². The minimum atomic E-state index is 0.874. The van der Waals surface area contributed by atoms with Gasteiger partial charge in [-0.25, -0.2) is 0 Å². The summed E-state index contributed by atoms with van der Waals surface area (Å²) in [4.78, 5) is 0. The van der Waals surface area contributed by atoms with Crippen LogP contribution in [0, 0.1) is 0 Å².